The van der Waals surface area contributed by atoms with Gasteiger partial charge >= 0.3 is 11.9 Å². The van der Waals surface area contributed by atoms with Crippen LogP contribution in [0.15, 0.2) is 0 Å². The molecule has 1 saturated heterocycles. The maximum absolute atomic E-state index is 11.9. The van der Waals surface area contributed by atoms with E-state index in [0.29, 0.717) is 32.6 Å². The molecule has 1 aliphatic rings. The number of hydrogen-bond acceptors (Lipinski definition) is 6. The fourth-order valence-corrected chi connectivity index (χ4v) is 4.55. The van der Waals surface area contributed by atoms with Crippen molar-refractivity contribution in [2.75, 3.05) is 46.9 Å². The Morgan fingerprint density at radius 3 is 2.18 bits per heavy atom. The van der Waals surface area contributed by atoms with Crippen molar-refractivity contribution < 1.29 is 24.2 Å². The lowest BCUT2D eigenvalue weighted by atomic mass is 10.1. The van der Waals surface area contributed by atoms with E-state index in [1.54, 1.807) is 0 Å². The van der Waals surface area contributed by atoms with Gasteiger partial charge in [-0.2, -0.15) is 0 Å². The van der Waals surface area contributed by atoms with Gasteiger partial charge in [-0.15, -0.1) is 0 Å². The number of esters is 1. The number of carboxylic acid groups (broad SMARTS) is 1. The number of carboxylic acids is 1. The highest BCUT2D eigenvalue weighted by Crippen LogP contribution is 2.22. The Kier molecular flexibility index (Phi) is 18.2. The van der Waals surface area contributed by atoms with Gasteiger partial charge in [-0.25, -0.2) is 0 Å². The smallest absolute Gasteiger partial charge is 0.321 e. The lowest BCUT2D eigenvalue weighted by Crippen LogP contribution is -2.36. The first-order valence-corrected chi connectivity index (χ1v) is 13.8. The third-order valence-electron chi connectivity index (χ3n) is 6.59. The minimum absolute atomic E-state index is 0.000650. The number of carbonyl (C=O) groups is 2. The highest BCUT2D eigenvalue weighted by atomic mass is 16.5. The van der Waals surface area contributed by atoms with Crippen LogP contribution in [0.1, 0.15) is 103 Å². The SMILES string of the molecule is CCCCCCCCCCCOC(=O)CCCCCN1CC(OCCCN(C)C)C[C@H]1C(=O)O. The molecule has 2 atom stereocenters. The summed E-state index contributed by atoms with van der Waals surface area (Å²) in [6, 6.07) is -0.458. The summed E-state index contributed by atoms with van der Waals surface area (Å²) in [4.78, 5) is 27.7. The summed E-state index contributed by atoms with van der Waals surface area (Å²) in [6.45, 7) is 5.84. The molecule has 0 bridgehead atoms. The molecular weight excluding hydrogens is 432 g/mol. The molecule has 1 unspecified atom stereocenters. The number of aliphatic carboxylic acids is 1. The Morgan fingerprint density at radius 1 is 0.882 bits per heavy atom. The van der Waals surface area contributed by atoms with Crippen LogP contribution < -0.4 is 0 Å². The van der Waals surface area contributed by atoms with Crippen molar-refractivity contribution in [3.8, 4) is 0 Å². The molecule has 0 aliphatic carbocycles. The van der Waals surface area contributed by atoms with Crippen LogP contribution in [0.25, 0.3) is 0 Å². The van der Waals surface area contributed by atoms with Crippen LogP contribution in [0.4, 0.5) is 0 Å². The molecule has 1 heterocycles. The zero-order valence-electron chi connectivity index (χ0n) is 22.3. The fourth-order valence-electron chi connectivity index (χ4n) is 4.55. The number of hydrogen-bond donors (Lipinski definition) is 1. The van der Waals surface area contributed by atoms with Crippen molar-refractivity contribution in [1.82, 2.24) is 9.80 Å². The molecule has 1 fully saturated rings. The Hall–Kier alpha value is -1.18. The number of likely N-dealkylation sites (tertiary alicyclic amines) is 1. The Bertz CT molecular complexity index is 529. The van der Waals surface area contributed by atoms with Gasteiger partial charge in [-0.05, 0) is 52.9 Å². The summed E-state index contributed by atoms with van der Waals surface area (Å²) in [5.74, 6) is -0.866. The standard InChI is InChI=1S/C27H52N2O5/c1-4-5-6-7-8-9-10-11-15-20-34-26(30)17-13-12-14-19-29-23-24(22-25(29)27(31)32)33-21-16-18-28(2)3/h24-25H,4-23H2,1-3H3,(H,31,32)/t24?,25-/m0/s1. The van der Waals surface area contributed by atoms with Crippen LogP contribution in [0, 0.1) is 0 Å². The minimum Gasteiger partial charge on any atom is -0.480 e. The fraction of sp³-hybridized carbons (Fsp3) is 0.926. The molecule has 1 aliphatic heterocycles. The van der Waals surface area contributed by atoms with Gasteiger partial charge in [0.15, 0.2) is 0 Å². The number of ether oxygens (including phenoxy) is 2. The van der Waals surface area contributed by atoms with Gasteiger partial charge in [0.25, 0.3) is 0 Å². The Morgan fingerprint density at radius 2 is 1.53 bits per heavy atom. The zero-order chi connectivity index (χ0) is 25.0. The van der Waals surface area contributed by atoms with Gasteiger partial charge < -0.3 is 19.5 Å². The van der Waals surface area contributed by atoms with E-state index in [1.165, 1.54) is 44.9 Å². The zero-order valence-corrected chi connectivity index (χ0v) is 22.3. The van der Waals surface area contributed by atoms with Crippen LogP contribution in [0.3, 0.4) is 0 Å². The normalized spacial score (nSPS) is 18.6. The molecule has 34 heavy (non-hydrogen) atoms. The Labute approximate surface area is 208 Å². The first-order valence-electron chi connectivity index (χ1n) is 13.8. The van der Waals surface area contributed by atoms with E-state index < -0.39 is 12.0 Å². The molecule has 7 nitrogen and oxygen atoms in total. The van der Waals surface area contributed by atoms with E-state index in [4.69, 9.17) is 9.47 Å². The molecule has 0 saturated carbocycles. The van der Waals surface area contributed by atoms with Crippen molar-refractivity contribution in [1.29, 1.82) is 0 Å². The van der Waals surface area contributed by atoms with Crippen molar-refractivity contribution in [3.63, 3.8) is 0 Å². The first-order chi connectivity index (χ1) is 16.4. The predicted octanol–water partition coefficient (Wildman–Crippen LogP) is 5.12. The van der Waals surface area contributed by atoms with Crippen molar-refractivity contribution in [3.05, 3.63) is 0 Å². The molecule has 7 heteroatoms. The lowest BCUT2D eigenvalue weighted by Gasteiger charge is -2.20. The third-order valence-corrected chi connectivity index (χ3v) is 6.59. The van der Waals surface area contributed by atoms with Gasteiger partial charge in [0.2, 0.25) is 0 Å². The van der Waals surface area contributed by atoms with Gasteiger partial charge in [-0.3, -0.25) is 14.5 Å². The average molecular weight is 485 g/mol. The summed E-state index contributed by atoms with van der Waals surface area (Å²) >= 11 is 0. The number of nitrogens with zero attached hydrogens (tertiary/aromatic N) is 2. The molecular formula is C27H52N2O5. The first kappa shape index (κ1) is 30.9. The monoisotopic (exact) mass is 484 g/mol. The molecule has 0 spiro atoms. The van der Waals surface area contributed by atoms with Crippen LogP contribution in [-0.4, -0.2) is 85.9 Å². The average Bonchev–Trinajstić information content (AvgIpc) is 3.21. The van der Waals surface area contributed by atoms with E-state index in [-0.39, 0.29) is 12.1 Å². The summed E-state index contributed by atoms with van der Waals surface area (Å²) in [6.07, 6.45) is 15.9. The highest BCUT2D eigenvalue weighted by Gasteiger charge is 2.36. The summed E-state index contributed by atoms with van der Waals surface area (Å²) in [5, 5.41) is 9.55. The maximum atomic E-state index is 11.9. The molecule has 0 aromatic heterocycles. The summed E-state index contributed by atoms with van der Waals surface area (Å²) < 4.78 is 11.3. The van der Waals surface area contributed by atoms with Gasteiger partial charge in [-0.1, -0.05) is 64.7 Å². The molecule has 0 aromatic carbocycles. The van der Waals surface area contributed by atoms with Gasteiger partial charge in [0.1, 0.15) is 6.04 Å². The number of rotatable bonds is 22. The van der Waals surface area contributed by atoms with E-state index in [9.17, 15) is 14.7 Å². The third kappa shape index (κ3) is 15.7. The molecule has 0 radical (unpaired) electrons. The lowest BCUT2D eigenvalue weighted by molar-refractivity contribution is -0.144. The summed E-state index contributed by atoms with van der Waals surface area (Å²) in [5.41, 5.74) is 0. The van der Waals surface area contributed by atoms with Crippen molar-refractivity contribution in [2.45, 2.75) is 115 Å². The molecule has 200 valence electrons. The number of unbranched alkanes of at least 4 members (excludes halogenated alkanes) is 10. The van der Waals surface area contributed by atoms with Crippen molar-refractivity contribution in [2.24, 2.45) is 0 Å². The van der Waals surface area contributed by atoms with Crippen LogP contribution >= 0.6 is 0 Å². The quantitative estimate of drug-likeness (QED) is 0.169. The van der Waals surface area contributed by atoms with Gasteiger partial charge in [0.05, 0.1) is 12.7 Å². The van der Waals surface area contributed by atoms with Crippen LogP contribution in [-0.2, 0) is 19.1 Å². The minimum atomic E-state index is -0.764. The highest BCUT2D eigenvalue weighted by molar-refractivity contribution is 5.74. The largest absolute Gasteiger partial charge is 0.480 e. The van der Waals surface area contributed by atoms with E-state index in [1.807, 2.05) is 19.0 Å². The second kappa shape index (κ2) is 20.1. The topological polar surface area (TPSA) is 79.3 Å². The van der Waals surface area contributed by atoms with Gasteiger partial charge in [0, 0.05) is 26.0 Å². The van der Waals surface area contributed by atoms with Crippen LogP contribution in [0.5, 0.6) is 0 Å². The molecule has 1 N–H and O–H groups in total. The second-order valence-electron chi connectivity index (χ2n) is 10.1. The van der Waals surface area contributed by atoms with E-state index >= 15 is 0 Å². The number of carbonyl (C=O) groups excluding carboxylic acids is 1. The maximum Gasteiger partial charge on any atom is 0.321 e. The Balaban J connectivity index is 2.03. The molecule has 0 aromatic rings. The van der Waals surface area contributed by atoms with E-state index in [0.717, 1.165) is 51.6 Å². The molecule has 0 amide bonds. The second-order valence-corrected chi connectivity index (χ2v) is 10.1. The van der Waals surface area contributed by atoms with Crippen LogP contribution in [0.2, 0.25) is 0 Å². The predicted molar refractivity (Wildman–Crippen MR) is 137 cm³/mol. The van der Waals surface area contributed by atoms with Crippen molar-refractivity contribution >= 4 is 11.9 Å². The molecule has 1 rings (SSSR count). The summed E-state index contributed by atoms with van der Waals surface area (Å²) in [7, 11) is 4.07. The van der Waals surface area contributed by atoms with E-state index in [2.05, 4.69) is 11.8 Å².